The highest BCUT2D eigenvalue weighted by Crippen LogP contribution is 2.65. The fourth-order valence-electron chi connectivity index (χ4n) is 14.4. The minimum Gasteiger partial charge on any atom is -0.481 e. The fourth-order valence-corrected chi connectivity index (χ4v) is 14.4. The van der Waals surface area contributed by atoms with E-state index in [1.807, 2.05) is 62.3 Å². The van der Waals surface area contributed by atoms with Gasteiger partial charge in [0.05, 0.1) is 38.8 Å². The summed E-state index contributed by atoms with van der Waals surface area (Å²) in [5.74, 6) is 2.67. The first-order valence-corrected chi connectivity index (χ1v) is 26.7. The number of carbonyl (C=O) groups is 5. The van der Waals surface area contributed by atoms with Gasteiger partial charge in [-0.15, -0.1) is 0 Å². The summed E-state index contributed by atoms with van der Waals surface area (Å²) < 4.78 is 23.2. The van der Waals surface area contributed by atoms with Gasteiger partial charge in [-0.3, -0.25) is 24.0 Å². The standard InChI is InChI=1S/C19H32O2.C16H26O4.C15H22O4.C6H12O2/c1-6-17(2,3)16(20)21-18(4,5)19-10-13-7-14(11-19)9-15(8-13)12-19;1-4-13(2,3)12(17)20-16-7-11-5-14(18,9-16)8-15(19,6-11)10-16;1-5-15(3,4)14(17)19-11-8-6-9-10(7(8)2)13(16)18-12(9)11;1-4-6(2,3)5(7)8/h13-15H,6-12H2,1-5H3;11,18-19H,4-10H2,1-3H3;7-12H,5-6H2,1-4H3;4H2,1-3H3,(H,7,8). The molecule has 0 spiro atoms. The number of rotatable bonds is 12. The fraction of sp³-hybridized carbons (Fsp3) is 0.911. The smallest absolute Gasteiger partial charge is 0.312 e. The molecule has 8 unspecified atom stereocenters. The van der Waals surface area contributed by atoms with Crippen molar-refractivity contribution in [2.75, 3.05) is 0 Å². The largest absolute Gasteiger partial charge is 0.481 e. The van der Waals surface area contributed by atoms with Crippen LogP contribution in [0.2, 0.25) is 0 Å². The molecule has 388 valence electrons. The van der Waals surface area contributed by atoms with E-state index in [1.54, 1.807) is 13.8 Å². The number of hydrogen-bond donors (Lipinski definition) is 3. The van der Waals surface area contributed by atoms with E-state index >= 15 is 0 Å². The molecular formula is C56H92O12. The molecule has 1 saturated heterocycles. The number of ether oxygens (including phenoxy) is 4. The predicted molar refractivity (Wildman–Crippen MR) is 259 cm³/mol. The predicted octanol–water partition coefficient (Wildman–Crippen LogP) is 10.8. The Hall–Kier alpha value is -2.73. The van der Waals surface area contributed by atoms with Gasteiger partial charge in [0.15, 0.2) is 0 Å². The van der Waals surface area contributed by atoms with Crippen molar-refractivity contribution in [3.05, 3.63) is 0 Å². The molecule has 10 saturated carbocycles. The molecule has 0 aromatic carbocycles. The third-order valence-electron chi connectivity index (χ3n) is 19.9. The van der Waals surface area contributed by atoms with Gasteiger partial charge in [-0.1, -0.05) is 34.6 Å². The molecule has 10 bridgehead atoms. The Balaban J connectivity index is 0.000000156. The SMILES string of the molecule is CCC(C)(C)C(=O)O.CCC(C)(C)C(=O)OC(C)(C)C12CC3CC(CC(C3)C1)C2.CCC(C)(C)C(=O)OC12CC3CC(O)(CC(O)(C3)C1)C2.CCC(C)(C)C(=O)OC1C2CC3C1OC(=O)C3C2C. The van der Waals surface area contributed by atoms with E-state index in [2.05, 4.69) is 27.7 Å². The maximum atomic E-state index is 12.6. The van der Waals surface area contributed by atoms with Crippen LogP contribution in [0.15, 0.2) is 0 Å². The highest BCUT2D eigenvalue weighted by Gasteiger charge is 2.67. The number of fused-ring (bicyclic) bond motifs is 1. The van der Waals surface area contributed by atoms with E-state index in [1.165, 1.54) is 38.5 Å². The minimum absolute atomic E-state index is 0.00857. The molecule has 11 fully saturated rings. The van der Waals surface area contributed by atoms with Gasteiger partial charge in [0.2, 0.25) is 0 Å². The third kappa shape index (κ3) is 10.6. The Kier molecular flexibility index (Phi) is 15.0. The quantitative estimate of drug-likeness (QED) is 0.124. The summed E-state index contributed by atoms with van der Waals surface area (Å²) in [6.45, 7) is 29.4. The van der Waals surface area contributed by atoms with Gasteiger partial charge >= 0.3 is 29.8 Å². The number of carboxylic acid groups (broad SMARTS) is 1. The topological polar surface area (TPSA) is 183 Å². The molecule has 68 heavy (non-hydrogen) atoms. The summed E-state index contributed by atoms with van der Waals surface area (Å²) in [4.78, 5) is 59.3. The van der Waals surface area contributed by atoms with E-state index in [0.29, 0.717) is 31.6 Å². The Morgan fingerprint density at radius 1 is 0.603 bits per heavy atom. The lowest BCUT2D eigenvalue weighted by Crippen LogP contribution is -2.67. The summed E-state index contributed by atoms with van der Waals surface area (Å²) >= 11 is 0. The van der Waals surface area contributed by atoms with Crippen molar-refractivity contribution in [2.45, 2.75) is 248 Å². The first-order chi connectivity index (χ1) is 31.1. The summed E-state index contributed by atoms with van der Waals surface area (Å²) in [5.41, 5.74) is -4.27. The lowest BCUT2D eigenvalue weighted by molar-refractivity contribution is -0.264. The molecule has 0 aromatic heterocycles. The maximum Gasteiger partial charge on any atom is 0.312 e. The molecule has 12 nitrogen and oxygen atoms in total. The second kappa shape index (κ2) is 18.7. The van der Waals surface area contributed by atoms with Gasteiger partial charge in [0.25, 0.3) is 0 Å². The third-order valence-corrected chi connectivity index (χ3v) is 19.9. The van der Waals surface area contributed by atoms with Crippen molar-refractivity contribution in [3.63, 3.8) is 0 Å². The lowest BCUT2D eigenvalue weighted by Gasteiger charge is -2.62. The van der Waals surface area contributed by atoms with Crippen LogP contribution in [0.5, 0.6) is 0 Å². The van der Waals surface area contributed by atoms with Gasteiger partial charge in [-0.05, 0) is 189 Å². The van der Waals surface area contributed by atoms with Crippen LogP contribution < -0.4 is 0 Å². The monoisotopic (exact) mass is 957 g/mol. The molecule has 1 heterocycles. The molecule has 0 radical (unpaired) electrons. The average Bonchev–Trinajstić information content (AvgIpc) is 3.83. The van der Waals surface area contributed by atoms with E-state index in [-0.39, 0.29) is 76.2 Å². The molecule has 11 aliphatic rings. The van der Waals surface area contributed by atoms with Crippen molar-refractivity contribution >= 4 is 29.8 Å². The van der Waals surface area contributed by atoms with Gasteiger partial charge in [-0.2, -0.15) is 0 Å². The summed E-state index contributed by atoms with van der Waals surface area (Å²) in [6.07, 6.45) is 15.4. The lowest BCUT2D eigenvalue weighted by atomic mass is 9.46. The Labute approximate surface area is 408 Å². The molecule has 11 rings (SSSR count). The van der Waals surface area contributed by atoms with Crippen molar-refractivity contribution < 1.29 is 58.2 Å². The van der Waals surface area contributed by atoms with Crippen molar-refractivity contribution in [1.82, 2.24) is 0 Å². The van der Waals surface area contributed by atoms with E-state index < -0.39 is 39.0 Å². The van der Waals surface area contributed by atoms with Crippen molar-refractivity contribution in [3.8, 4) is 0 Å². The Bertz CT molecular complexity index is 1860. The van der Waals surface area contributed by atoms with Gasteiger partial charge in [0.1, 0.15) is 23.4 Å². The van der Waals surface area contributed by atoms with Crippen molar-refractivity contribution in [1.29, 1.82) is 0 Å². The Morgan fingerprint density at radius 2 is 1.06 bits per heavy atom. The van der Waals surface area contributed by atoms with E-state index in [9.17, 15) is 34.2 Å². The zero-order valence-electron chi connectivity index (χ0n) is 44.8. The van der Waals surface area contributed by atoms with Crippen LogP contribution in [-0.2, 0) is 42.9 Å². The molecular weight excluding hydrogens is 865 g/mol. The highest BCUT2D eigenvalue weighted by molar-refractivity contribution is 5.79. The summed E-state index contributed by atoms with van der Waals surface area (Å²) in [6, 6.07) is 0. The highest BCUT2D eigenvalue weighted by atomic mass is 16.6. The average molecular weight is 957 g/mol. The van der Waals surface area contributed by atoms with Crippen LogP contribution in [0.3, 0.4) is 0 Å². The summed E-state index contributed by atoms with van der Waals surface area (Å²) in [7, 11) is 0. The maximum absolute atomic E-state index is 12.6. The van der Waals surface area contributed by atoms with Gasteiger partial charge in [-0.25, -0.2) is 0 Å². The molecule has 3 N–H and O–H groups in total. The van der Waals surface area contributed by atoms with Crippen LogP contribution in [0, 0.1) is 74.4 Å². The molecule has 12 heteroatoms. The number of aliphatic hydroxyl groups is 2. The number of carbonyl (C=O) groups excluding carboxylic acids is 4. The van der Waals surface area contributed by atoms with E-state index in [0.717, 1.165) is 62.7 Å². The number of carboxylic acids is 1. The number of esters is 4. The summed E-state index contributed by atoms with van der Waals surface area (Å²) in [5, 5.41) is 29.8. The number of hydrogen-bond acceptors (Lipinski definition) is 11. The van der Waals surface area contributed by atoms with Crippen LogP contribution in [0.25, 0.3) is 0 Å². The zero-order chi connectivity index (χ0) is 51.0. The van der Waals surface area contributed by atoms with E-state index in [4.69, 9.17) is 24.1 Å². The van der Waals surface area contributed by atoms with Gasteiger partial charge < -0.3 is 34.3 Å². The first-order valence-electron chi connectivity index (χ1n) is 26.7. The van der Waals surface area contributed by atoms with Crippen LogP contribution >= 0.6 is 0 Å². The normalized spacial score (nSPS) is 39.1. The first kappa shape index (κ1) is 54.6. The number of aliphatic carboxylic acids is 1. The van der Waals surface area contributed by atoms with Gasteiger partial charge in [0, 0.05) is 36.5 Å². The molecule has 8 atom stereocenters. The van der Waals surface area contributed by atoms with Crippen LogP contribution in [0.4, 0.5) is 0 Å². The molecule has 1 aliphatic heterocycles. The molecule has 0 aromatic rings. The second-order valence-electron chi connectivity index (χ2n) is 27.1. The minimum atomic E-state index is -0.842. The van der Waals surface area contributed by atoms with Crippen LogP contribution in [-0.4, -0.2) is 79.8 Å². The van der Waals surface area contributed by atoms with Crippen LogP contribution in [0.1, 0.15) is 213 Å². The molecule has 0 amide bonds. The Morgan fingerprint density at radius 3 is 1.49 bits per heavy atom. The zero-order valence-corrected chi connectivity index (χ0v) is 44.8. The second-order valence-corrected chi connectivity index (χ2v) is 27.1. The van der Waals surface area contributed by atoms with Crippen molar-refractivity contribution in [2.24, 2.45) is 74.4 Å². The molecule has 10 aliphatic carbocycles.